The largest absolute Gasteiger partial charge is 0.487 e. The molecule has 2 heterocycles. The van der Waals surface area contributed by atoms with E-state index in [0.717, 1.165) is 60.7 Å². The Bertz CT molecular complexity index is 1050. The quantitative estimate of drug-likeness (QED) is 0.584. The molecule has 1 saturated heterocycles. The van der Waals surface area contributed by atoms with Crippen LogP contribution >= 0.6 is 0 Å². The summed E-state index contributed by atoms with van der Waals surface area (Å²) in [6.07, 6.45) is 1.83. The van der Waals surface area contributed by atoms with E-state index in [1.807, 2.05) is 30.3 Å². The number of rotatable bonds is 4. The van der Waals surface area contributed by atoms with Gasteiger partial charge in [-0.05, 0) is 60.9 Å². The minimum Gasteiger partial charge on any atom is -0.487 e. The van der Waals surface area contributed by atoms with Crippen LogP contribution in [0.1, 0.15) is 17.5 Å². The van der Waals surface area contributed by atoms with Gasteiger partial charge in [0.25, 0.3) is 0 Å². The molecule has 30 heavy (non-hydrogen) atoms. The van der Waals surface area contributed by atoms with Crippen molar-refractivity contribution < 1.29 is 13.5 Å². The van der Waals surface area contributed by atoms with Crippen molar-refractivity contribution >= 4 is 11.4 Å². The summed E-state index contributed by atoms with van der Waals surface area (Å²) in [4.78, 5) is 4.74. The lowest BCUT2D eigenvalue weighted by molar-refractivity contribution is 0.310. The number of nitrogens with zero attached hydrogens (tertiary/aromatic N) is 2. The molecule has 0 radical (unpaired) electrons. The van der Waals surface area contributed by atoms with E-state index in [1.165, 1.54) is 12.1 Å². The minimum absolute atomic E-state index is 0.184. The number of benzene rings is 3. The van der Waals surface area contributed by atoms with Crippen LogP contribution in [0, 0.1) is 11.6 Å². The maximum absolute atomic E-state index is 13.9. The Labute approximate surface area is 175 Å². The van der Waals surface area contributed by atoms with Gasteiger partial charge in [-0.2, -0.15) is 0 Å². The van der Waals surface area contributed by atoms with Crippen molar-refractivity contribution in [2.45, 2.75) is 25.5 Å². The number of hydrogen-bond donors (Lipinski definition) is 0. The predicted molar refractivity (Wildman–Crippen MR) is 114 cm³/mol. The van der Waals surface area contributed by atoms with Crippen molar-refractivity contribution in [2.24, 2.45) is 0 Å². The molecule has 3 aromatic carbocycles. The standard InChI is InChI=1S/C25H24F2N2O/c26-20-5-3-4-18(14-20)10-12-28-13-11-22(16-28)29-23-9-8-21(27)15-19(23)17-30-25-7-2-1-6-24(25)29/h1-9,14-15,22H,10-13,16-17H2. The third-order valence-corrected chi connectivity index (χ3v) is 6.03. The van der Waals surface area contributed by atoms with Gasteiger partial charge in [0, 0.05) is 36.9 Å². The van der Waals surface area contributed by atoms with Crippen molar-refractivity contribution in [3.8, 4) is 5.75 Å². The minimum atomic E-state index is -0.244. The van der Waals surface area contributed by atoms with Crippen LogP contribution in [0.3, 0.4) is 0 Å². The highest BCUT2D eigenvalue weighted by Crippen LogP contribution is 2.42. The topological polar surface area (TPSA) is 15.7 Å². The summed E-state index contributed by atoms with van der Waals surface area (Å²) in [6, 6.07) is 20.1. The van der Waals surface area contributed by atoms with E-state index in [-0.39, 0.29) is 17.7 Å². The second-order valence-electron chi connectivity index (χ2n) is 8.02. The maximum Gasteiger partial charge on any atom is 0.143 e. The van der Waals surface area contributed by atoms with E-state index in [4.69, 9.17) is 4.74 Å². The first-order valence-electron chi connectivity index (χ1n) is 10.4. The summed E-state index contributed by atoms with van der Waals surface area (Å²) in [7, 11) is 0. The number of para-hydroxylation sites is 2. The van der Waals surface area contributed by atoms with E-state index in [0.29, 0.717) is 6.61 Å². The van der Waals surface area contributed by atoms with Crippen molar-refractivity contribution in [3.05, 3.63) is 89.5 Å². The SMILES string of the molecule is Fc1cccc(CCN2CCC(N3c4ccc(F)cc4COc4ccccc43)C2)c1. The molecular formula is C25H24F2N2O. The molecule has 0 aliphatic carbocycles. The van der Waals surface area contributed by atoms with E-state index >= 15 is 0 Å². The molecule has 0 amide bonds. The van der Waals surface area contributed by atoms with Crippen molar-refractivity contribution in [2.75, 3.05) is 24.5 Å². The normalized spacial score (nSPS) is 18.5. The smallest absolute Gasteiger partial charge is 0.143 e. The monoisotopic (exact) mass is 406 g/mol. The lowest BCUT2D eigenvalue weighted by Gasteiger charge is -2.32. The van der Waals surface area contributed by atoms with Crippen LogP contribution in [-0.2, 0) is 13.0 Å². The molecule has 1 unspecified atom stereocenters. The summed E-state index contributed by atoms with van der Waals surface area (Å²) in [6.45, 7) is 3.13. The Morgan fingerprint density at radius 3 is 2.67 bits per heavy atom. The number of anilines is 2. The second-order valence-corrected chi connectivity index (χ2v) is 8.02. The Morgan fingerprint density at radius 1 is 0.900 bits per heavy atom. The summed E-state index contributed by atoms with van der Waals surface area (Å²) in [5, 5.41) is 0. The van der Waals surface area contributed by atoms with E-state index in [9.17, 15) is 8.78 Å². The highest BCUT2D eigenvalue weighted by Gasteiger charge is 2.32. The molecule has 0 aromatic heterocycles. The highest BCUT2D eigenvalue weighted by atomic mass is 19.1. The zero-order valence-electron chi connectivity index (χ0n) is 16.7. The molecule has 154 valence electrons. The van der Waals surface area contributed by atoms with Crippen LogP contribution in [0.25, 0.3) is 0 Å². The predicted octanol–water partition coefficient (Wildman–Crippen LogP) is 5.31. The van der Waals surface area contributed by atoms with Gasteiger partial charge in [0.1, 0.15) is 24.0 Å². The molecule has 5 heteroatoms. The molecule has 3 nitrogen and oxygen atoms in total. The zero-order chi connectivity index (χ0) is 20.5. The van der Waals surface area contributed by atoms with Crippen LogP contribution in [0.2, 0.25) is 0 Å². The molecular weight excluding hydrogens is 382 g/mol. The van der Waals surface area contributed by atoms with Gasteiger partial charge in [-0.25, -0.2) is 8.78 Å². The number of ether oxygens (including phenoxy) is 1. The third kappa shape index (κ3) is 3.77. The third-order valence-electron chi connectivity index (χ3n) is 6.03. The van der Waals surface area contributed by atoms with Crippen molar-refractivity contribution in [1.29, 1.82) is 0 Å². The van der Waals surface area contributed by atoms with Crippen LogP contribution in [-0.4, -0.2) is 30.6 Å². The molecule has 2 aliphatic rings. The van der Waals surface area contributed by atoms with Crippen LogP contribution < -0.4 is 9.64 Å². The lowest BCUT2D eigenvalue weighted by Crippen LogP contribution is -2.35. The first-order chi connectivity index (χ1) is 14.7. The molecule has 2 aliphatic heterocycles. The summed E-state index contributed by atoms with van der Waals surface area (Å²) in [5.41, 5.74) is 3.93. The van der Waals surface area contributed by atoms with Gasteiger partial charge in [0.05, 0.1) is 5.69 Å². The number of halogens is 2. The molecule has 5 rings (SSSR count). The maximum atomic E-state index is 13.9. The Balaban J connectivity index is 1.38. The summed E-state index contributed by atoms with van der Waals surface area (Å²) >= 11 is 0. The van der Waals surface area contributed by atoms with E-state index < -0.39 is 0 Å². The van der Waals surface area contributed by atoms with Gasteiger partial charge in [0.2, 0.25) is 0 Å². The first-order valence-corrected chi connectivity index (χ1v) is 10.4. The van der Waals surface area contributed by atoms with Gasteiger partial charge in [-0.15, -0.1) is 0 Å². The van der Waals surface area contributed by atoms with Gasteiger partial charge < -0.3 is 14.5 Å². The molecule has 0 N–H and O–H groups in total. The summed E-state index contributed by atoms with van der Waals surface area (Å²) in [5.74, 6) is 0.399. The van der Waals surface area contributed by atoms with Gasteiger partial charge >= 0.3 is 0 Å². The fourth-order valence-electron chi connectivity index (χ4n) is 4.57. The zero-order valence-corrected chi connectivity index (χ0v) is 16.7. The Morgan fingerprint density at radius 2 is 1.77 bits per heavy atom. The Hall–Kier alpha value is -2.92. The van der Waals surface area contributed by atoms with Crippen molar-refractivity contribution in [3.63, 3.8) is 0 Å². The van der Waals surface area contributed by atoms with Gasteiger partial charge in [-0.1, -0.05) is 24.3 Å². The number of likely N-dealkylation sites (tertiary alicyclic amines) is 1. The Kier molecular flexibility index (Phi) is 5.13. The number of fused-ring (bicyclic) bond motifs is 2. The molecule has 3 aromatic rings. The van der Waals surface area contributed by atoms with Crippen molar-refractivity contribution in [1.82, 2.24) is 4.90 Å². The van der Waals surface area contributed by atoms with Crippen LogP contribution in [0.4, 0.5) is 20.2 Å². The summed E-state index contributed by atoms with van der Waals surface area (Å²) < 4.78 is 33.4. The first kappa shape index (κ1) is 19.1. The average Bonchev–Trinajstić information content (AvgIpc) is 3.15. The fourth-order valence-corrected chi connectivity index (χ4v) is 4.57. The number of hydrogen-bond acceptors (Lipinski definition) is 3. The molecule has 0 spiro atoms. The molecule has 0 bridgehead atoms. The lowest BCUT2D eigenvalue weighted by atomic mass is 10.1. The van der Waals surface area contributed by atoms with E-state index in [1.54, 1.807) is 18.2 Å². The molecule has 1 fully saturated rings. The fraction of sp³-hybridized carbons (Fsp3) is 0.280. The van der Waals surface area contributed by atoms with Crippen LogP contribution in [0.5, 0.6) is 5.75 Å². The average molecular weight is 406 g/mol. The molecule has 1 atom stereocenters. The van der Waals surface area contributed by atoms with Gasteiger partial charge in [-0.3, -0.25) is 0 Å². The van der Waals surface area contributed by atoms with E-state index in [2.05, 4.69) is 15.9 Å². The molecule has 0 saturated carbocycles. The van der Waals surface area contributed by atoms with Gasteiger partial charge in [0.15, 0.2) is 0 Å². The van der Waals surface area contributed by atoms with Crippen LogP contribution in [0.15, 0.2) is 66.7 Å². The highest BCUT2D eigenvalue weighted by molar-refractivity contribution is 5.73. The second kappa shape index (κ2) is 8.07.